The quantitative estimate of drug-likeness (QED) is 0.574. The van der Waals surface area contributed by atoms with Crippen LogP contribution in [0.1, 0.15) is 27.2 Å². The normalized spacial score (nSPS) is 12.6. The SMILES string of the molecule is CCCOC(=O)C(C)COCC. The van der Waals surface area contributed by atoms with E-state index in [4.69, 9.17) is 9.47 Å². The largest absolute Gasteiger partial charge is 0.465 e. The predicted molar refractivity (Wildman–Crippen MR) is 46.9 cm³/mol. The summed E-state index contributed by atoms with van der Waals surface area (Å²) in [4.78, 5) is 11.1. The number of carbonyl (C=O) groups excluding carboxylic acids is 1. The Hall–Kier alpha value is -0.570. The first-order valence-corrected chi connectivity index (χ1v) is 4.46. The third-order valence-electron chi connectivity index (χ3n) is 1.42. The molecule has 72 valence electrons. The molecule has 0 aliphatic carbocycles. The van der Waals surface area contributed by atoms with Crippen LogP contribution < -0.4 is 0 Å². The van der Waals surface area contributed by atoms with Crippen LogP contribution in [0.2, 0.25) is 0 Å². The van der Waals surface area contributed by atoms with Crippen molar-refractivity contribution in [1.82, 2.24) is 0 Å². The molecule has 0 N–H and O–H groups in total. The number of esters is 1. The van der Waals surface area contributed by atoms with Gasteiger partial charge in [0.1, 0.15) is 0 Å². The highest BCUT2D eigenvalue weighted by molar-refractivity contribution is 5.72. The van der Waals surface area contributed by atoms with E-state index < -0.39 is 0 Å². The molecule has 0 aliphatic heterocycles. The third kappa shape index (κ3) is 5.13. The van der Waals surface area contributed by atoms with Gasteiger partial charge in [0.2, 0.25) is 0 Å². The fourth-order valence-electron chi connectivity index (χ4n) is 0.708. The van der Waals surface area contributed by atoms with Crippen molar-refractivity contribution >= 4 is 5.97 Å². The van der Waals surface area contributed by atoms with E-state index in [1.807, 2.05) is 20.8 Å². The van der Waals surface area contributed by atoms with E-state index in [0.29, 0.717) is 19.8 Å². The molecule has 12 heavy (non-hydrogen) atoms. The van der Waals surface area contributed by atoms with Crippen LogP contribution in [0, 0.1) is 5.92 Å². The Balaban J connectivity index is 3.47. The third-order valence-corrected chi connectivity index (χ3v) is 1.42. The summed E-state index contributed by atoms with van der Waals surface area (Å²) in [5.41, 5.74) is 0. The van der Waals surface area contributed by atoms with Crippen molar-refractivity contribution in [3.05, 3.63) is 0 Å². The number of hydrogen-bond acceptors (Lipinski definition) is 3. The van der Waals surface area contributed by atoms with Gasteiger partial charge in [-0.05, 0) is 20.3 Å². The van der Waals surface area contributed by atoms with E-state index in [-0.39, 0.29) is 11.9 Å². The summed E-state index contributed by atoms with van der Waals surface area (Å²) in [6.07, 6.45) is 0.868. The van der Waals surface area contributed by atoms with E-state index in [1.54, 1.807) is 0 Å². The van der Waals surface area contributed by atoms with E-state index >= 15 is 0 Å². The predicted octanol–water partition coefficient (Wildman–Crippen LogP) is 1.61. The molecule has 1 atom stereocenters. The van der Waals surface area contributed by atoms with Crippen molar-refractivity contribution in [2.45, 2.75) is 27.2 Å². The highest BCUT2D eigenvalue weighted by Gasteiger charge is 2.13. The minimum Gasteiger partial charge on any atom is -0.465 e. The molecule has 0 rings (SSSR count). The molecule has 0 aromatic rings. The standard InChI is InChI=1S/C9H18O3/c1-4-6-12-9(10)8(3)7-11-5-2/h8H,4-7H2,1-3H3. The summed E-state index contributed by atoms with van der Waals surface area (Å²) in [7, 11) is 0. The van der Waals surface area contributed by atoms with Crippen LogP contribution in [-0.2, 0) is 14.3 Å². The lowest BCUT2D eigenvalue weighted by atomic mass is 10.2. The average Bonchev–Trinajstić information content (AvgIpc) is 2.10. The Kier molecular flexibility index (Phi) is 6.76. The Morgan fingerprint density at radius 2 is 2.08 bits per heavy atom. The molecule has 1 unspecified atom stereocenters. The minimum absolute atomic E-state index is 0.142. The highest BCUT2D eigenvalue weighted by atomic mass is 16.5. The number of hydrogen-bond donors (Lipinski definition) is 0. The van der Waals surface area contributed by atoms with Crippen LogP contribution in [0.5, 0.6) is 0 Å². The molecule has 0 spiro atoms. The maximum absolute atomic E-state index is 11.1. The van der Waals surface area contributed by atoms with Gasteiger partial charge in [-0.2, -0.15) is 0 Å². The molecule has 0 heterocycles. The molecule has 0 radical (unpaired) electrons. The summed E-state index contributed by atoms with van der Waals surface area (Å²) in [5.74, 6) is -0.304. The van der Waals surface area contributed by atoms with Gasteiger partial charge >= 0.3 is 5.97 Å². The van der Waals surface area contributed by atoms with Crippen LogP contribution >= 0.6 is 0 Å². The summed E-state index contributed by atoms with van der Waals surface area (Å²) in [6, 6.07) is 0. The van der Waals surface area contributed by atoms with Gasteiger partial charge in [0.15, 0.2) is 0 Å². The van der Waals surface area contributed by atoms with Crippen molar-refractivity contribution in [3.63, 3.8) is 0 Å². The Bertz CT molecular complexity index is 123. The summed E-state index contributed by atoms with van der Waals surface area (Å²) < 4.78 is 10.0. The minimum atomic E-state index is -0.162. The van der Waals surface area contributed by atoms with Crippen molar-refractivity contribution in [3.8, 4) is 0 Å². The van der Waals surface area contributed by atoms with Gasteiger partial charge in [-0.25, -0.2) is 0 Å². The van der Waals surface area contributed by atoms with Gasteiger partial charge < -0.3 is 9.47 Å². The molecular formula is C9H18O3. The van der Waals surface area contributed by atoms with Crippen LogP contribution in [-0.4, -0.2) is 25.8 Å². The van der Waals surface area contributed by atoms with Gasteiger partial charge in [0, 0.05) is 6.61 Å². The van der Waals surface area contributed by atoms with Crippen molar-refractivity contribution < 1.29 is 14.3 Å². The molecule has 3 heteroatoms. The topological polar surface area (TPSA) is 35.5 Å². The summed E-state index contributed by atoms with van der Waals surface area (Å²) in [5, 5.41) is 0. The maximum Gasteiger partial charge on any atom is 0.310 e. The zero-order chi connectivity index (χ0) is 9.40. The molecule has 0 saturated carbocycles. The first-order chi connectivity index (χ1) is 5.72. The summed E-state index contributed by atoms with van der Waals surface area (Å²) >= 11 is 0. The van der Waals surface area contributed by atoms with Crippen LogP contribution in [0.15, 0.2) is 0 Å². The van der Waals surface area contributed by atoms with E-state index in [2.05, 4.69) is 0 Å². The summed E-state index contributed by atoms with van der Waals surface area (Å²) in [6.45, 7) is 7.30. The molecular weight excluding hydrogens is 156 g/mol. The van der Waals surface area contributed by atoms with Gasteiger partial charge in [-0.1, -0.05) is 6.92 Å². The zero-order valence-corrected chi connectivity index (χ0v) is 8.13. The second-order valence-corrected chi connectivity index (χ2v) is 2.73. The van der Waals surface area contributed by atoms with Crippen LogP contribution in [0.25, 0.3) is 0 Å². The first-order valence-electron chi connectivity index (χ1n) is 4.46. The van der Waals surface area contributed by atoms with Gasteiger partial charge in [0.25, 0.3) is 0 Å². The van der Waals surface area contributed by atoms with Crippen LogP contribution in [0.4, 0.5) is 0 Å². The fourth-order valence-corrected chi connectivity index (χ4v) is 0.708. The molecule has 0 aliphatic rings. The number of carbonyl (C=O) groups is 1. The zero-order valence-electron chi connectivity index (χ0n) is 8.13. The average molecular weight is 174 g/mol. The number of ether oxygens (including phenoxy) is 2. The van der Waals surface area contributed by atoms with Crippen LogP contribution in [0.3, 0.4) is 0 Å². The smallest absolute Gasteiger partial charge is 0.310 e. The van der Waals surface area contributed by atoms with E-state index in [0.717, 1.165) is 6.42 Å². The fraction of sp³-hybridized carbons (Fsp3) is 0.889. The molecule has 0 aromatic carbocycles. The van der Waals surface area contributed by atoms with Crippen molar-refractivity contribution in [1.29, 1.82) is 0 Å². The Morgan fingerprint density at radius 1 is 1.42 bits per heavy atom. The second kappa shape index (κ2) is 7.10. The van der Waals surface area contributed by atoms with E-state index in [9.17, 15) is 4.79 Å². The molecule has 0 fully saturated rings. The van der Waals surface area contributed by atoms with Gasteiger partial charge in [-0.3, -0.25) is 4.79 Å². The Labute approximate surface area is 74.0 Å². The highest BCUT2D eigenvalue weighted by Crippen LogP contribution is 1.99. The lowest BCUT2D eigenvalue weighted by Gasteiger charge is -2.10. The maximum atomic E-state index is 11.1. The van der Waals surface area contributed by atoms with Gasteiger partial charge in [0.05, 0.1) is 19.1 Å². The molecule has 3 nitrogen and oxygen atoms in total. The van der Waals surface area contributed by atoms with Crippen molar-refractivity contribution in [2.75, 3.05) is 19.8 Å². The van der Waals surface area contributed by atoms with E-state index in [1.165, 1.54) is 0 Å². The lowest BCUT2D eigenvalue weighted by molar-refractivity contribution is -0.149. The molecule has 0 aromatic heterocycles. The monoisotopic (exact) mass is 174 g/mol. The number of rotatable bonds is 6. The van der Waals surface area contributed by atoms with Gasteiger partial charge in [-0.15, -0.1) is 0 Å². The second-order valence-electron chi connectivity index (χ2n) is 2.73. The first kappa shape index (κ1) is 11.4. The van der Waals surface area contributed by atoms with Crippen molar-refractivity contribution in [2.24, 2.45) is 5.92 Å². The lowest BCUT2D eigenvalue weighted by Crippen LogP contribution is -2.20. The molecule has 0 bridgehead atoms. The molecule has 0 saturated heterocycles. The Morgan fingerprint density at radius 3 is 2.58 bits per heavy atom. The molecule has 0 amide bonds.